The summed E-state index contributed by atoms with van der Waals surface area (Å²) in [5.74, 6) is 0.620. The van der Waals surface area contributed by atoms with Gasteiger partial charge in [-0.25, -0.2) is 5.43 Å². The molecule has 0 aliphatic carbocycles. The monoisotopic (exact) mass is 446 g/mol. The van der Waals surface area contributed by atoms with Crippen molar-refractivity contribution in [2.75, 3.05) is 5.75 Å². The topological polar surface area (TPSA) is 61.7 Å². The highest BCUT2D eigenvalue weighted by Crippen LogP contribution is 2.29. The van der Waals surface area contributed by atoms with E-state index >= 15 is 0 Å². The number of rotatable bonds is 6. The van der Waals surface area contributed by atoms with Crippen molar-refractivity contribution in [2.24, 2.45) is 5.10 Å². The Bertz CT molecular complexity index is 772. The van der Waals surface area contributed by atoms with Crippen LogP contribution in [0.25, 0.3) is 0 Å². The van der Waals surface area contributed by atoms with Gasteiger partial charge in [-0.3, -0.25) is 4.79 Å². The minimum absolute atomic E-state index is 0.125. The number of phenolic OH excluding ortho intramolecular Hbond substituents is 1. The molecule has 2 rings (SSSR count). The zero-order chi connectivity index (χ0) is 17.5. The molecule has 2 aromatic rings. The molecule has 4 nitrogen and oxygen atoms in total. The van der Waals surface area contributed by atoms with Crippen molar-refractivity contribution in [3.63, 3.8) is 0 Å². The molecule has 0 aliphatic heterocycles. The molecular weight excluding hydrogens is 435 g/mol. The van der Waals surface area contributed by atoms with E-state index in [0.29, 0.717) is 10.6 Å². The first kappa shape index (κ1) is 19.1. The first-order valence-electron chi connectivity index (χ1n) is 6.78. The summed E-state index contributed by atoms with van der Waals surface area (Å²) in [6, 6.07) is 10.8. The average Bonchev–Trinajstić information content (AvgIpc) is 2.52. The van der Waals surface area contributed by atoms with Crippen LogP contribution in [0, 0.1) is 0 Å². The van der Waals surface area contributed by atoms with Crippen molar-refractivity contribution in [3.05, 3.63) is 62.0 Å². The standard InChI is InChI=1S/C16H13BrCl2N2O2S/c17-12-3-1-2-10(4-12)8-24-9-15(22)21-20-7-11-5-13(18)6-14(19)16(11)23/h1-7,23H,8-9H2,(H,21,22)/b20-7-. The second kappa shape index (κ2) is 9.32. The number of hydrazone groups is 1. The maximum Gasteiger partial charge on any atom is 0.250 e. The molecule has 8 heteroatoms. The van der Waals surface area contributed by atoms with Crippen LogP contribution in [0.1, 0.15) is 11.1 Å². The maximum absolute atomic E-state index is 11.7. The van der Waals surface area contributed by atoms with E-state index in [2.05, 4.69) is 26.5 Å². The third-order valence-corrected chi connectivity index (χ3v) is 4.84. The molecule has 1 amide bonds. The van der Waals surface area contributed by atoms with Crippen LogP contribution >= 0.6 is 50.9 Å². The zero-order valence-electron chi connectivity index (χ0n) is 12.3. The number of amides is 1. The lowest BCUT2D eigenvalue weighted by molar-refractivity contribution is -0.118. The van der Waals surface area contributed by atoms with Crippen molar-refractivity contribution in [1.29, 1.82) is 0 Å². The van der Waals surface area contributed by atoms with E-state index in [0.717, 1.165) is 15.8 Å². The molecule has 0 unspecified atom stereocenters. The third-order valence-electron chi connectivity index (χ3n) is 2.84. The number of thioether (sulfide) groups is 1. The van der Waals surface area contributed by atoms with Crippen molar-refractivity contribution in [3.8, 4) is 5.75 Å². The smallest absolute Gasteiger partial charge is 0.250 e. The summed E-state index contributed by atoms with van der Waals surface area (Å²) >= 11 is 16.5. The highest BCUT2D eigenvalue weighted by atomic mass is 79.9. The van der Waals surface area contributed by atoms with Crippen molar-refractivity contribution in [2.45, 2.75) is 5.75 Å². The summed E-state index contributed by atoms with van der Waals surface area (Å²) in [5.41, 5.74) is 3.86. The Hall–Kier alpha value is -1.21. The summed E-state index contributed by atoms with van der Waals surface area (Å²) in [6.07, 6.45) is 1.30. The number of carbonyl (C=O) groups excluding carboxylic acids is 1. The molecular formula is C16H13BrCl2N2O2S. The summed E-state index contributed by atoms with van der Waals surface area (Å²) in [4.78, 5) is 11.7. The third kappa shape index (κ3) is 6.02. The molecule has 126 valence electrons. The second-order valence-electron chi connectivity index (χ2n) is 4.74. The van der Waals surface area contributed by atoms with Gasteiger partial charge in [0.05, 0.1) is 17.0 Å². The number of phenols is 1. The van der Waals surface area contributed by atoms with Crippen LogP contribution in [0.5, 0.6) is 5.75 Å². The van der Waals surface area contributed by atoms with Gasteiger partial charge in [-0.2, -0.15) is 5.10 Å². The van der Waals surface area contributed by atoms with Gasteiger partial charge in [-0.05, 0) is 29.8 Å². The zero-order valence-corrected chi connectivity index (χ0v) is 16.2. The molecule has 0 saturated carbocycles. The Morgan fingerprint density at radius 2 is 2.12 bits per heavy atom. The van der Waals surface area contributed by atoms with Gasteiger partial charge in [0, 0.05) is 20.8 Å². The summed E-state index contributed by atoms with van der Waals surface area (Å²) in [7, 11) is 0. The van der Waals surface area contributed by atoms with Crippen molar-refractivity contribution in [1.82, 2.24) is 5.43 Å². The van der Waals surface area contributed by atoms with Crippen LogP contribution in [0.3, 0.4) is 0 Å². The largest absolute Gasteiger partial charge is 0.506 e. The molecule has 0 atom stereocenters. The first-order valence-corrected chi connectivity index (χ1v) is 9.48. The van der Waals surface area contributed by atoms with Crippen LogP contribution in [0.15, 0.2) is 46.0 Å². The Balaban J connectivity index is 1.81. The Kier molecular flexibility index (Phi) is 7.42. The Labute approximate surface area is 162 Å². The lowest BCUT2D eigenvalue weighted by atomic mass is 10.2. The molecule has 0 aromatic heterocycles. The molecule has 0 fully saturated rings. The summed E-state index contributed by atoms with van der Waals surface area (Å²) < 4.78 is 1.01. The highest BCUT2D eigenvalue weighted by molar-refractivity contribution is 9.10. The number of nitrogens with zero attached hydrogens (tertiary/aromatic N) is 1. The fourth-order valence-corrected chi connectivity index (χ4v) is 3.50. The van der Waals surface area contributed by atoms with E-state index < -0.39 is 0 Å². The molecule has 0 spiro atoms. The fourth-order valence-electron chi connectivity index (χ4n) is 1.78. The van der Waals surface area contributed by atoms with Crippen LogP contribution in [-0.4, -0.2) is 23.0 Å². The molecule has 0 aliphatic rings. The van der Waals surface area contributed by atoms with Crippen LogP contribution < -0.4 is 5.43 Å². The lowest BCUT2D eigenvalue weighted by Gasteiger charge is -2.03. The van der Waals surface area contributed by atoms with Gasteiger partial charge < -0.3 is 5.11 Å². The summed E-state index contributed by atoms with van der Waals surface area (Å²) in [6.45, 7) is 0. The van der Waals surface area contributed by atoms with E-state index in [1.807, 2.05) is 24.3 Å². The Morgan fingerprint density at radius 1 is 1.33 bits per heavy atom. The number of halogens is 3. The molecule has 2 aromatic carbocycles. The number of nitrogens with one attached hydrogen (secondary N) is 1. The van der Waals surface area contributed by atoms with Gasteiger partial charge in [0.2, 0.25) is 5.91 Å². The second-order valence-corrected chi connectivity index (χ2v) is 7.49. The van der Waals surface area contributed by atoms with Gasteiger partial charge in [-0.1, -0.05) is 51.3 Å². The molecule has 0 radical (unpaired) electrons. The number of aromatic hydroxyl groups is 1. The number of benzene rings is 2. The minimum Gasteiger partial charge on any atom is -0.506 e. The molecule has 0 saturated heterocycles. The number of hydrogen-bond acceptors (Lipinski definition) is 4. The highest BCUT2D eigenvalue weighted by Gasteiger charge is 2.06. The van der Waals surface area contributed by atoms with Gasteiger partial charge in [-0.15, -0.1) is 11.8 Å². The average molecular weight is 448 g/mol. The van der Waals surface area contributed by atoms with E-state index in [4.69, 9.17) is 23.2 Å². The molecule has 2 N–H and O–H groups in total. The number of hydrogen-bond donors (Lipinski definition) is 2. The minimum atomic E-state index is -0.237. The quantitative estimate of drug-likeness (QED) is 0.491. The van der Waals surface area contributed by atoms with Gasteiger partial charge >= 0.3 is 0 Å². The van der Waals surface area contributed by atoms with Crippen LogP contribution in [0.4, 0.5) is 0 Å². The SMILES string of the molecule is O=C(CSCc1cccc(Br)c1)N/N=C\c1cc(Cl)cc(Cl)c1O. The van der Waals surface area contributed by atoms with Crippen LogP contribution in [-0.2, 0) is 10.5 Å². The van der Waals surface area contributed by atoms with E-state index in [1.165, 1.54) is 30.1 Å². The molecule has 0 heterocycles. The lowest BCUT2D eigenvalue weighted by Crippen LogP contribution is -2.19. The number of carbonyl (C=O) groups is 1. The molecule has 0 bridgehead atoms. The van der Waals surface area contributed by atoms with Crippen molar-refractivity contribution < 1.29 is 9.90 Å². The Morgan fingerprint density at radius 3 is 2.88 bits per heavy atom. The normalized spacial score (nSPS) is 11.0. The maximum atomic E-state index is 11.7. The van der Waals surface area contributed by atoms with Gasteiger partial charge in [0.15, 0.2) is 0 Å². The first-order chi connectivity index (χ1) is 11.5. The van der Waals surface area contributed by atoms with E-state index in [-0.39, 0.29) is 22.4 Å². The fraction of sp³-hybridized carbons (Fsp3) is 0.125. The molecule has 24 heavy (non-hydrogen) atoms. The van der Waals surface area contributed by atoms with Crippen molar-refractivity contribution >= 4 is 63.0 Å². The van der Waals surface area contributed by atoms with Gasteiger partial charge in [0.25, 0.3) is 0 Å². The predicted molar refractivity (Wildman–Crippen MR) is 104 cm³/mol. The van der Waals surface area contributed by atoms with E-state index in [9.17, 15) is 9.90 Å². The van der Waals surface area contributed by atoms with Gasteiger partial charge in [0.1, 0.15) is 5.75 Å². The van der Waals surface area contributed by atoms with E-state index in [1.54, 1.807) is 0 Å². The summed E-state index contributed by atoms with van der Waals surface area (Å²) in [5, 5.41) is 14.1. The van der Waals surface area contributed by atoms with Crippen LogP contribution in [0.2, 0.25) is 10.0 Å². The predicted octanol–water partition coefficient (Wildman–Crippen LogP) is 4.85.